The van der Waals surface area contributed by atoms with E-state index in [1.54, 1.807) is 36.2 Å². The minimum absolute atomic E-state index is 0.0106. The van der Waals surface area contributed by atoms with E-state index in [9.17, 15) is 13.2 Å². The normalized spacial score (nSPS) is 11.3. The van der Waals surface area contributed by atoms with Gasteiger partial charge in [-0.05, 0) is 24.3 Å². The van der Waals surface area contributed by atoms with Gasteiger partial charge in [0.15, 0.2) is 0 Å². The van der Waals surface area contributed by atoms with E-state index >= 15 is 0 Å². The van der Waals surface area contributed by atoms with E-state index in [0.29, 0.717) is 10.6 Å². The van der Waals surface area contributed by atoms with Crippen molar-refractivity contribution in [3.8, 4) is 17.3 Å². The summed E-state index contributed by atoms with van der Waals surface area (Å²) in [6, 6.07) is 4.92. The van der Waals surface area contributed by atoms with Crippen LogP contribution in [0.15, 0.2) is 35.6 Å². The second-order valence-corrected chi connectivity index (χ2v) is 7.56. The minimum Gasteiger partial charge on any atom is -0.264 e. The van der Waals surface area contributed by atoms with Gasteiger partial charge in [0.1, 0.15) is 6.07 Å². The van der Waals surface area contributed by atoms with Crippen LogP contribution in [0.25, 0.3) is 11.3 Å². The van der Waals surface area contributed by atoms with Gasteiger partial charge in [-0.1, -0.05) is 13.3 Å². The van der Waals surface area contributed by atoms with Crippen molar-refractivity contribution in [2.45, 2.75) is 30.8 Å². The van der Waals surface area contributed by atoms with Gasteiger partial charge in [0.25, 0.3) is 0 Å². The first-order valence-corrected chi connectivity index (χ1v) is 9.74. The summed E-state index contributed by atoms with van der Waals surface area (Å²) in [5.74, 6) is 0.887. The molecule has 0 aliphatic heterocycles. The molecule has 0 radical (unpaired) electrons. The molecule has 0 aliphatic carbocycles. The number of halogens is 3. The van der Waals surface area contributed by atoms with Crippen molar-refractivity contribution < 1.29 is 13.2 Å². The van der Waals surface area contributed by atoms with Crippen molar-refractivity contribution in [2.75, 3.05) is 10.8 Å². The zero-order valence-corrected chi connectivity index (χ0v) is 15.1. The van der Waals surface area contributed by atoms with Gasteiger partial charge >= 0.3 is 6.18 Å². The van der Waals surface area contributed by atoms with Crippen LogP contribution in [0.3, 0.4) is 0 Å². The molecular formula is C17H16F3N3S2. The molecule has 2 aromatic rings. The van der Waals surface area contributed by atoms with Gasteiger partial charge in [0.2, 0.25) is 0 Å². The Labute approximate surface area is 153 Å². The summed E-state index contributed by atoms with van der Waals surface area (Å²) in [5.41, 5.74) is -0.662. The van der Waals surface area contributed by atoms with Crippen LogP contribution in [0.4, 0.5) is 13.2 Å². The number of alkyl halides is 3. The number of rotatable bonds is 7. The fraction of sp³-hybridized carbons (Fsp3) is 0.353. The average Bonchev–Trinajstić information content (AvgIpc) is 2.60. The van der Waals surface area contributed by atoms with Crippen molar-refractivity contribution in [1.82, 2.24) is 9.97 Å². The molecular weight excluding hydrogens is 367 g/mol. The maximum atomic E-state index is 13.6. The fourth-order valence-corrected chi connectivity index (χ4v) is 4.56. The first-order chi connectivity index (χ1) is 12.0. The van der Waals surface area contributed by atoms with Crippen molar-refractivity contribution in [3.05, 3.63) is 41.9 Å². The third kappa shape index (κ3) is 5.13. The maximum absolute atomic E-state index is 13.6. The molecule has 132 valence electrons. The van der Waals surface area contributed by atoms with Gasteiger partial charge in [0.05, 0.1) is 16.8 Å². The van der Waals surface area contributed by atoms with Crippen LogP contribution in [-0.4, -0.2) is 20.8 Å². The summed E-state index contributed by atoms with van der Waals surface area (Å²) in [4.78, 5) is 8.06. The van der Waals surface area contributed by atoms with Gasteiger partial charge in [-0.25, -0.2) is 0 Å². The van der Waals surface area contributed by atoms with Crippen LogP contribution in [-0.2, 0) is 6.18 Å². The summed E-state index contributed by atoms with van der Waals surface area (Å²) < 4.78 is 40.8. The molecule has 0 spiro atoms. The minimum atomic E-state index is -4.62. The third-order valence-corrected chi connectivity index (χ3v) is 5.70. The first-order valence-electron chi connectivity index (χ1n) is 7.60. The summed E-state index contributed by atoms with van der Waals surface area (Å²) in [5, 5.41) is 9.56. The number of pyridine rings is 2. The predicted octanol–water partition coefficient (Wildman–Crippen LogP) is 5.62. The highest BCUT2D eigenvalue weighted by Crippen LogP contribution is 2.43. The zero-order valence-electron chi connectivity index (χ0n) is 13.5. The van der Waals surface area contributed by atoms with Gasteiger partial charge in [-0.2, -0.15) is 30.2 Å². The molecule has 0 aromatic carbocycles. The summed E-state index contributed by atoms with van der Waals surface area (Å²) >= 11 is 2.66. The number of aromatic nitrogens is 2. The lowest BCUT2D eigenvalue weighted by molar-refractivity contribution is -0.139. The molecule has 0 aliphatic rings. The Balaban J connectivity index is 2.47. The Morgan fingerprint density at radius 1 is 1.28 bits per heavy atom. The molecule has 0 amide bonds. The van der Waals surface area contributed by atoms with E-state index in [1.807, 2.05) is 0 Å². The SMILES string of the molecule is CCCCSCSc1c(-c2cccnc2)ncc(C#N)c1C(F)(F)F. The molecule has 0 fully saturated rings. The van der Waals surface area contributed by atoms with Gasteiger partial charge in [-0.3, -0.25) is 9.97 Å². The molecule has 25 heavy (non-hydrogen) atoms. The average molecular weight is 383 g/mol. The topological polar surface area (TPSA) is 49.6 Å². The molecule has 0 saturated carbocycles. The quantitative estimate of drug-likeness (QED) is 0.353. The van der Waals surface area contributed by atoms with Crippen LogP contribution in [0.2, 0.25) is 0 Å². The smallest absolute Gasteiger partial charge is 0.264 e. The lowest BCUT2D eigenvalue weighted by atomic mass is 10.1. The lowest BCUT2D eigenvalue weighted by Gasteiger charge is -2.17. The molecule has 3 nitrogen and oxygen atoms in total. The number of hydrogen-bond acceptors (Lipinski definition) is 5. The third-order valence-electron chi connectivity index (χ3n) is 3.30. The Kier molecular flexibility index (Phi) is 7.14. The van der Waals surface area contributed by atoms with Crippen LogP contribution in [0.1, 0.15) is 30.9 Å². The predicted molar refractivity (Wildman–Crippen MR) is 95.3 cm³/mol. The molecule has 2 heterocycles. The Bertz CT molecular complexity index is 743. The first kappa shape index (κ1) is 19.6. The Hall–Kier alpha value is -1.72. The monoisotopic (exact) mass is 383 g/mol. The van der Waals surface area contributed by atoms with Gasteiger partial charge in [0, 0.05) is 34.1 Å². The molecule has 0 saturated heterocycles. The number of nitrogens with zero attached hydrogens (tertiary/aromatic N) is 3. The summed E-state index contributed by atoms with van der Waals surface area (Å²) in [7, 11) is 0. The van der Waals surface area contributed by atoms with Crippen LogP contribution in [0.5, 0.6) is 0 Å². The molecule has 2 rings (SSSR count). The molecule has 0 N–H and O–H groups in total. The lowest BCUT2D eigenvalue weighted by Crippen LogP contribution is -2.12. The second kappa shape index (κ2) is 9.11. The number of unbranched alkanes of at least 4 members (excludes halogenated alkanes) is 1. The number of nitriles is 1. The molecule has 8 heteroatoms. The maximum Gasteiger partial charge on any atom is 0.418 e. The van der Waals surface area contributed by atoms with E-state index in [0.717, 1.165) is 36.6 Å². The Morgan fingerprint density at radius 2 is 2.08 bits per heavy atom. The van der Waals surface area contributed by atoms with Crippen LogP contribution in [0, 0.1) is 11.3 Å². The van der Waals surface area contributed by atoms with E-state index in [-0.39, 0.29) is 10.6 Å². The highest BCUT2D eigenvalue weighted by molar-refractivity contribution is 8.16. The van der Waals surface area contributed by atoms with Crippen molar-refractivity contribution >= 4 is 23.5 Å². The molecule has 0 atom stereocenters. The van der Waals surface area contributed by atoms with E-state index in [4.69, 9.17) is 5.26 Å². The van der Waals surface area contributed by atoms with Gasteiger partial charge < -0.3 is 0 Å². The van der Waals surface area contributed by atoms with Crippen LogP contribution >= 0.6 is 23.5 Å². The highest BCUT2D eigenvalue weighted by Gasteiger charge is 2.38. The number of thioether (sulfide) groups is 2. The molecule has 0 unspecified atom stereocenters. The standard InChI is InChI=1S/C17H16F3N3S2/c1-2-3-7-24-11-25-16-14(17(18,19)20)13(8-21)10-23-15(16)12-5-4-6-22-9-12/h4-6,9-10H,2-3,7,11H2,1H3. The van der Waals surface area contributed by atoms with Crippen molar-refractivity contribution in [3.63, 3.8) is 0 Å². The summed E-state index contributed by atoms with van der Waals surface area (Å²) in [6.07, 6.45) is 1.44. The Morgan fingerprint density at radius 3 is 2.68 bits per heavy atom. The largest absolute Gasteiger partial charge is 0.418 e. The summed E-state index contributed by atoms with van der Waals surface area (Å²) in [6.45, 7) is 2.07. The molecule has 0 bridgehead atoms. The van der Waals surface area contributed by atoms with E-state index in [2.05, 4.69) is 16.9 Å². The second-order valence-electron chi connectivity index (χ2n) is 5.10. The van der Waals surface area contributed by atoms with Gasteiger partial charge in [-0.15, -0.1) is 11.8 Å². The van der Waals surface area contributed by atoms with Crippen molar-refractivity contribution in [1.29, 1.82) is 5.26 Å². The van der Waals surface area contributed by atoms with E-state index in [1.165, 1.54) is 6.20 Å². The van der Waals surface area contributed by atoms with E-state index < -0.39 is 17.3 Å². The highest BCUT2D eigenvalue weighted by atomic mass is 32.2. The fourth-order valence-electron chi connectivity index (χ4n) is 2.11. The van der Waals surface area contributed by atoms with Crippen LogP contribution < -0.4 is 0 Å². The van der Waals surface area contributed by atoms with Crippen molar-refractivity contribution in [2.24, 2.45) is 0 Å². The number of hydrogen-bond donors (Lipinski definition) is 0. The zero-order chi connectivity index (χ0) is 18.3. The molecule has 2 aromatic heterocycles.